The number of hydrogen-bond acceptors (Lipinski definition) is 2. The number of hydrogen-bond donors (Lipinski definition) is 2. The molecule has 0 bridgehead atoms. The SMILES string of the molecule is Oc1ccc(Cl)cc1Cc1cc(Cl)c(O)c(Cl)c1. The van der Waals surface area contributed by atoms with E-state index in [0.29, 0.717) is 17.0 Å². The van der Waals surface area contributed by atoms with E-state index >= 15 is 0 Å². The minimum absolute atomic E-state index is 0.141. The molecule has 2 aromatic rings. The summed E-state index contributed by atoms with van der Waals surface area (Å²) in [5, 5.41) is 20.1. The summed E-state index contributed by atoms with van der Waals surface area (Å²) in [6, 6.07) is 8.01. The molecule has 0 aromatic heterocycles. The largest absolute Gasteiger partial charge is 0.508 e. The summed E-state index contributed by atoms with van der Waals surface area (Å²) >= 11 is 17.5. The minimum Gasteiger partial charge on any atom is -0.508 e. The Kier molecular flexibility index (Phi) is 3.91. The third-order valence-electron chi connectivity index (χ3n) is 2.51. The molecule has 2 aromatic carbocycles. The number of benzene rings is 2. The summed E-state index contributed by atoms with van der Waals surface area (Å²) in [6.07, 6.45) is 0.423. The summed E-state index contributed by atoms with van der Waals surface area (Å²) in [7, 11) is 0. The van der Waals surface area contributed by atoms with Crippen LogP contribution >= 0.6 is 34.8 Å². The Balaban J connectivity index is 2.37. The van der Waals surface area contributed by atoms with Gasteiger partial charge in [-0.1, -0.05) is 34.8 Å². The van der Waals surface area contributed by atoms with Crippen LogP contribution in [0.4, 0.5) is 0 Å². The van der Waals surface area contributed by atoms with Crippen molar-refractivity contribution in [3.63, 3.8) is 0 Å². The van der Waals surface area contributed by atoms with Crippen molar-refractivity contribution in [1.29, 1.82) is 0 Å². The molecule has 0 aliphatic heterocycles. The fraction of sp³-hybridized carbons (Fsp3) is 0.0769. The van der Waals surface area contributed by atoms with Gasteiger partial charge in [0.15, 0.2) is 5.75 Å². The van der Waals surface area contributed by atoms with Crippen LogP contribution in [0.15, 0.2) is 30.3 Å². The quantitative estimate of drug-likeness (QED) is 0.848. The van der Waals surface area contributed by atoms with Gasteiger partial charge in [0.1, 0.15) is 5.75 Å². The van der Waals surface area contributed by atoms with Crippen molar-refractivity contribution in [2.75, 3.05) is 0 Å². The number of aromatic hydroxyl groups is 2. The van der Waals surface area contributed by atoms with E-state index in [-0.39, 0.29) is 21.5 Å². The summed E-state index contributed by atoms with van der Waals surface area (Å²) in [4.78, 5) is 0. The second-order valence-electron chi connectivity index (χ2n) is 3.86. The summed E-state index contributed by atoms with van der Waals surface area (Å²) < 4.78 is 0. The molecule has 2 rings (SSSR count). The first-order valence-corrected chi connectivity index (χ1v) is 6.25. The van der Waals surface area contributed by atoms with Gasteiger partial charge in [0.25, 0.3) is 0 Å². The monoisotopic (exact) mass is 302 g/mol. The zero-order valence-electron chi connectivity index (χ0n) is 9.12. The van der Waals surface area contributed by atoms with Gasteiger partial charge in [-0.2, -0.15) is 0 Å². The lowest BCUT2D eigenvalue weighted by molar-refractivity contribution is 0.469. The van der Waals surface area contributed by atoms with E-state index in [1.54, 1.807) is 24.3 Å². The Labute approximate surface area is 119 Å². The highest BCUT2D eigenvalue weighted by Gasteiger charge is 2.09. The molecule has 0 fully saturated rings. The van der Waals surface area contributed by atoms with E-state index in [9.17, 15) is 10.2 Å². The van der Waals surface area contributed by atoms with E-state index in [4.69, 9.17) is 34.8 Å². The maximum absolute atomic E-state index is 9.72. The molecule has 0 unspecified atom stereocenters. The van der Waals surface area contributed by atoms with Crippen LogP contribution in [0, 0.1) is 0 Å². The van der Waals surface area contributed by atoms with Crippen molar-refractivity contribution in [1.82, 2.24) is 0 Å². The molecule has 2 nitrogen and oxygen atoms in total. The third kappa shape index (κ3) is 2.83. The van der Waals surface area contributed by atoms with Crippen molar-refractivity contribution >= 4 is 34.8 Å². The van der Waals surface area contributed by atoms with E-state index in [1.807, 2.05) is 0 Å². The zero-order chi connectivity index (χ0) is 13.3. The van der Waals surface area contributed by atoms with Crippen LogP contribution in [0.5, 0.6) is 11.5 Å². The Morgan fingerprint density at radius 1 is 0.889 bits per heavy atom. The highest BCUT2D eigenvalue weighted by Crippen LogP contribution is 2.34. The molecule has 18 heavy (non-hydrogen) atoms. The van der Waals surface area contributed by atoms with Crippen molar-refractivity contribution in [3.8, 4) is 11.5 Å². The normalized spacial score (nSPS) is 10.6. The lowest BCUT2D eigenvalue weighted by Crippen LogP contribution is -1.90. The van der Waals surface area contributed by atoms with Crippen LogP contribution < -0.4 is 0 Å². The summed E-state index contributed by atoms with van der Waals surface area (Å²) in [5.41, 5.74) is 1.45. The molecule has 0 aliphatic carbocycles. The fourth-order valence-corrected chi connectivity index (χ4v) is 2.36. The number of phenolic OH excluding ortho intramolecular Hbond substituents is 2. The average Bonchev–Trinajstić information content (AvgIpc) is 2.31. The molecule has 0 atom stereocenters. The highest BCUT2D eigenvalue weighted by atomic mass is 35.5. The molecule has 0 heterocycles. The van der Waals surface area contributed by atoms with Gasteiger partial charge in [0.05, 0.1) is 10.0 Å². The number of phenols is 2. The zero-order valence-corrected chi connectivity index (χ0v) is 11.4. The van der Waals surface area contributed by atoms with Gasteiger partial charge in [0.2, 0.25) is 0 Å². The van der Waals surface area contributed by atoms with Crippen LogP contribution in [-0.2, 0) is 6.42 Å². The first-order chi connectivity index (χ1) is 8.47. The maximum atomic E-state index is 9.72. The third-order valence-corrected chi connectivity index (χ3v) is 3.32. The van der Waals surface area contributed by atoms with E-state index in [2.05, 4.69) is 0 Å². The highest BCUT2D eigenvalue weighted by molar-refractivity contribution is 6.37. The molecule has 5 heteroatoms. The Morgan fingerprint density at radius 3 is 2.11 bits per heavy atom. The predicted octanol–water partition coefficient (Wildman–Crippen LogP) is 4.65. The molecule has 0 radical (unpaired) electrons. The van der Waals surface area contributed by atoms with Crippen molar-refractivity contribution < 1.29 is 10.2 Å². The molecule has 0 saturated heterocycles. The predicted molar refractivity (Wildman–Crippen MR) is 74.0 cm³/mol. The fourth-order valence-electron chi connectivity index (χ4n) is 1.64. The average molecular weight is 304 g/mol. The lowest BCUT2D eigenvalue weighted by Gasteiger charge is -2.08. The standard InChI is InChI=1S/C13H9Cl3O2/c14-9-1-2-12(17)8(6-9)3-7-4-10(15)13(18)11(16)5-7/h1-2,4-6,17-18H,3H2. The molecule has 2 N–H and O–H groups in total. The minimum atomic E-state index is -0.141. The van der Waals surface area contributed by atoms with Gasteiger partial charge in [-0.05, 0) is 41.5 Å². The van der Waals surface area contributed by atoms with E-state index in [1.165, 1.54) is 6.07 Å². The summed E-state index contributed by atoms with van der Waals surface area (Å²) in [6.45, 7) is 0. The van der Waals surface area contributed by atoms with Crippen LogP contribution in [-0.4, -0.2) is 10.2 Å². The van der Waals surface area contributed by atoms with Gasteiger partial charge < -0.3 is 10.2 Å². The number of halogens is 3. The van der Waals surface area contributed by atoms with E-state index in [0.717, 1.165) is 5.56 Å². The number of rotatable bonds is 2. The van der Waals surface area contributed by atoms with Gasteiger partial charge in [-0.15, -0.1) is 0 Å². The van der Waals surface area contributed by atoms with Gasteiger partial charge in [-0.25, -0.2) is 0 Å². The van der Waals surface area contributed by atoms with Crippen LogP contribution in [0.1, 0.15) is 11.1 Å². The van der Waals surface area contributed by atoms with Crippen LogP contribution in [0.2, 0.25) is 15.1 Å². The van der Waals surface area contributed by atoms with Crippen molar-refractivity contribution in [3.05, 3.63) is 56.5 Å². The Morgan fingerprint density at radius 2 is 1.50 bits per heavy atom. The Bertz CT molecular complexity index is 574. The van der Waals surface area contributed by atoms with Gasteiger partial charge >= 0.3 is 0 Å². The first-order valence-electron chi connectivity index (χ1n) is 5.11. The van der Waals surface area contributed by atoms with Crippen LogP contribution in [0.3, 0.4) is 0 Å². The van der Waals surface area contributed by atoms with Gasteiger partial charge in [0, 0.05) is 11.4 Å². The topological polar surface area (TPSA) is 40.5 Å². The molecule has 0 aliphatic rings. The van der Waals surface area contributed by atoms with Gasteiger partial charge in [-0.3, -0.25) is 0 Å². The lowest BCUT2D eigenvalue weighted by atomic mass is 10.0. The molecule has 0 saturated carbocycles. The van der Waals surface area contributed by atoms with E-state index < -0.39 is 0 Å². The molecule has 0 spiro atoms. The Hall–Kier alpha value is -1.09. The second kappa shape index (κ2) is 5.27. The second-order valence-corrected chi connectivity index (χ2v) is 5.11. The van der Waals surface area contributed by atoms with Crippen LogP contribution in [0.25, 0.3) is 0 Å². The molecule has 0 amide bonds. The maximum Gasteiger partial charge on any atom is 0.152 e. The molecule has 94 valence electrons. The molecular formula is C13H9Cl3O2. The smallest absolute Gasteiger partial charge is 0.152 e. The molecular weight excluding hydrogens is 294 g/mol. The summed E-state index contributed by atoms with van der Waals surface area (Å²) in [5.74, 6) is 0.0112. The van der Waals surface area contributed by atoms with Crippen molar-refractivity contribution in [2.24, 2.45) is 0 Å². The van der Waals surface area contributed by atoms with Crippen molar-refractivity contribution in [2.45, 2.75) is 6.42 Å². The first kappa shape index (κ1) is 13.3.